The van der Waals surface area contributed by atoms with E-state index in [2.05, 4.69) is 126 Å². The lowest BCUT2D eigenvalue weighted by atomic mass is 9.97. The average molecular weight is 1700 g/mol. The van der Waals surface area contributed by atoms with Gasteiger partial charge in [-0.1, -0.05) is 494 Å². The molecule has 0 aliphatic rings. The quantitative estimate of drug-likeness (QED) is 0.0237. The fraction of sp³-hybridized carbons (Fsp3) is 0.852. The minimum atomic E-state index is -0.528. The zero-order valence-corrected chi connectivity index (χ0v) is 82.5. The molecule has 0 aliphatic carbocycles. The maximum atomic E-state index is 14.5. The molecule has 0 saturated carbocycles. The molecule has 14 nitrogen and oxygen atoms in total. The molecule has 708 valence electrons. The van der Waals surface area contributed by atoms with Gasteiger partial charge in [0.1, 0.15) is 24.2 Å². The summed E-state index contributed by atoms with van der Waals surface area (Å²) in [5.41, 5.74) is 3.87. The summed E-state index contributed by atoms with van der Waals surface area (Å²) in [4.78, 5) is 58.0. The van der Waals surface area contributed by atoms with Gasteiger partial charge >= 0.3 is 0 Å². The Hall–Kier alpha value is -4.88. The molecule has 8 N–H and O–H groups in total. The molecule has 0 saturated heterocycles. The summed E-state index contributed by atoms with van der Waals surface area (Å²) in [7, 11) is 0. The Balaban J connectivity index is 2.49. The predicted octanol–water partition coefficient (Wildman–Crippen LogP) is 32.9. The number of benzene rings is 2. The number of azo groups is 1. The van der Waals surface area contributed by atoms with E-state index in [9.17, 15) is 19.2 Å². The van der Waals surface area contributed by atoms with E-state index in [1.807, 2.05) is 36.4 Å². The number of hydrogen-bond acceptors (Lipinski definition) is 10. The Morgan fingerprint density at radius 1 is 0.205 bits per heavy atom. The lowest BCUT2D eigenvalue weighted by Crippen LogP contribution is -2.44. The number of carbonyl (C=O) groups excluding carboxylic acids is 4. The smallest absolute Gasteiger partial charge is 0.242 e. The second kappa shape index (κ2) is 81.8. The zero-order valence-electron chi connectivity index (χ0n) is 82.5. The summed E-state index contributed by atoms with van der Waals surface area (Å²) in [6.07, 6.45) is 86.7. The molecular formula is C108H202N10O4. The fourth-order valence-electron chi connectivity index (χ4n) is 17.3. The van der Waals surface area contributed by atoms with Crippen molar-refractivity contribution in [2.75, 3.05) is 47.4 Å². The van der Waals surface area contributed by atoms with Gasteiger partial charge in [0.05, 0.1) is 11.4 Å². The van der Waals surface area contributed by atoms with E-state index in [1.165, 1.54) is 360 Å². The van der Waals surface area contributed by atoms with Crippen molar-refractivity contribution in [2.45, 2.75) is 544 Å². The Labute approximate surface area is 755 Å². The third kappa shape index (κ3) is 61.5. The first-order chi connectivity index (χ1) is 59.7. The van der Waals surface area contributed by atoms with E-state index in [0.29, 0.717) is 60.3 Å². The molecule has 0 unspecified atom stereocenters. The molecule has 0 radical (unpaired) electrons. The summed E-state index contributed by atoms with van der Waals surface area (Å²) in [5, 5.41) is 38.2. The van der Waals surface area contributed by atoms with Crippen LogP contribution in [0.2, 0.25) is 0 Å². The average Bonchev–Trinajstić information content (AvgIpc) is 0.827. The largest absolute Gasteiger partial charge is 0.373 e. The Morgan fingerprint density at radius 2 is 0.336 bits per heavy atom. The molecule has 2 aromatic carbocycles. The van der Waals surface area contributed by atoms with Crippen LogP contribution in [0, 0.1) is 23.7 Å². The molecule has 0 heterocycles. The fourth-order valence-corrected chi connectivity index (χ4v) is 17.3. The van der Waals surface area contributed by atoms with Crippen molar-refractivity contribution in [3.8, 4) is 0 Å². The van der Waals surface area contributed by atoms with Crippen LogP contribution in [0.4, 0.5) is 34.1 Å². The van der Waals surface area contributed by atoms with E-state index in [-0.39, 0.29) is 47.3 Å². The number of rotatable bonds is 90. The first-order valence-electron chi connectivity index (χ1n) is 53.6. The summed E-state index contributed by atoms with van der Waals surface area (Å²) in [5.74, 6) is -0.0615. The van der Waals surface area contributed by atoms with E-state index in [0.717, 1.165) is 77.0 Å². The lowest BCUT2D eigenvalue weighted by Gasteiger charge is -2.27. The molecule has 0 aromatic heterocycles. The second-order valence-electron chi connectivity index (χ2n) is 38.1. The van der Waals surface area contributed by atoms with Crippen LogP contribution in [0.15, 0.2) is 46.6 Å². The number of nitrogens with one attached hydrogen (secondary N) is 8. The normalized spacial score (nSPS) is 13.6. The maximum absolute atomic E-state index is 14.5. The maximum Gasteiger partial charge on any atom is 0.242 e. The molecule has 4 amide bonds. The number of amides is 4. The molecule has 0 bridgehead atoms. The number of anilines is 4. The summed E-state index contributed by atoms with van der Waals surface area (Å²) in [6.45, 7) is 28.8. The van der Waals surface area contributed by atoms with Crippen LogP contribution in [0.1, 0.15) is 520 Å². The highest BCUT2D eigenvalue weighted by molar-refractivity contribution is 5.88. The van der Waals surface area contributed by atoms with Crippen LogP contribution in [0.25, 0.3) is 0 Å². The van der Waals surface area contributed by atoms with Crippen molar-refractivity contribution < 1.29 is 19.2 Å². The van der Waals surface area contributed by atoms with Crippen molar-refractivity contribution >= 4 is 57.8 Å². The minimum absolute atomic E-state index is 0.00655. The van der Waals surface area contributed by atoms with Crippen molar-refractivity contribution in [3.63, 3.8) is 0 Å². The van der Waals surface area contributed by atoms with Gasteiger partial charge in [0.15, 0.2) is 0 Å². The van der Waals surface area contributed by atoms with Crippen LogP contribution in [0.5, 0.6) is 0 Å². The second-order valence-corrected chi connectivity index (χ2v) is 38.1. The molecule has 122 heavy (non-hydrogen) atoms. The Morgan fingerprint density at radius 3 is 0.467 bits per heavy atom. The van der Waals surface area contributed by atoms with Crippen molar-refractivity contribution in [2.24, 2.45) is 33.9 Å². The summed E-state index contributed by atoms with van der Waals surface area (Å²) < 4.78 is 0. The van der Waals surface area contributed by atoms with Crippen molar-refractivity contribution in [1.29, 1.82) is 0 Å². The van der Waals surface area contributed by atoms with Gasteiger partial charge in [-0.05, 0) is 85.8 Å². The van der Waals surface area contributed by atoms with E-state index >= 15 is 0 Å². The van der Waals surface area contributed by atoms with Crippen LogP contribution >= 0.6 is 0 Å². The van der Waals surface area contributed by atoms with Gasteiger partial charge in [-0.15, -0.1) is 0 Å². The van der Waals surface area contributed by atoms with Crippen LogP contribution in [0.3, 0.4) is 0 Å². The highest BCUT2D eigenvalue weighted by Gasteiger charge is 2.29. The molecule has 0 aliphatic heterocycles. The third-order valence-corrected chi connectivity index (χ3v) is 26.7. The first-order valence-corrected chi connectivity index (χ1v) is 53.6. The zero-order chi connectivity index (χ0) is 88.6. The predicted molar refractivity (Wildman–Crippen MR) is 535 cm³/mol. The summed E-state index contributed by atoms with van der Waals surface area (Å²) >= 11 is 0. The Bertz CT molecular complexity index is 2410. The van der Waals surface area contributed by atoms with Crippen LogP contribution in [-0.2, 0) is 19.2 Å². The van der Waals surface area contributed by atoms with Gasteiger partial charge in [0.25, 0.3) is 0 Å². The van der Waals surface area contributed by atoms with E-state index in [4.69, 9.17) is 10.2 Å². The van der Waals surface area contributed by atoms with E-state index < -0.39 is 24.2 Å². The van der Waals surface area contributed by atoms with Crippen molar-refractivity contribution in [3.05, 3.63) is 36.4 Å². The minimum Gasteiger partial charge on any atom is -0.373 e. The molecule has 2 aromatic rings. The summed E-state index contributed by atoms with van der Waals surface area (Å²) in [6, 6.07) is 9.74. The SMILES string of the molecule is CCCCCCCCCCCCCCCCCCNC(=O)[C@@H](Nc1cc(N=Nc2cc(N[C@H](C(=O)NCCCCCCCCCCCCCCCCCC)[C@@H](C)CC)cc(N[C@H](C(=O)NCCCCCCCCCCCCCCCCCC)[C@@H](C)CC)c2)cc(N[C@H](C(=O)NCCCCCCCCCCCCCCCCCC)[C@@H](C)CC)c1)[C@@H](C)CC. The molecule has 0 fully saturated rings. The number of unbranched alkanes of at least 4 members (excludes halogenated alkanes) is 60. The van der Waals surface area contributed by atoms with Gasteiger partial charge in [0, 0.05) is 48.9 Å². The standard InChI is InChI=1S/C108H202N10O4/c1-13-21-25-29-33-37-41-45-49-53-57-61-65-69-73-77-81-109-105(119)101(91(9)17-5)113-95-85-96(114-102(92(10)18-6)106(120)110-82-78-74-70-66-62-58-54-50-46-42-38-34-30-26-22-14-2)88-99(87-95)117-118-100-89-97(115-103(93(11)19-7)107(121)111-83-79-75-71-67-63-59-55-51-47-43-39-35-31-27-23-15-3)86-98(90-100)116-104(94(12)20-8)108(122)112-84-80-76-72-68-64-60-56-52-48-44-40-36-32-28-24-16-4/h85-94,101-104,113-116H,13-84H2,1-12H3,(H,109,119)(H,110,120)(H,111,121)(H,112,122)/t91-,92-,93-,94-,101-,102-,103-,104-/m0/s1. The number of nitrogens with zero attached hydrogens (tertiary/aromatic N) is 2. The van der Waals surface area contributed by atoms with Crippen molar-refractivity contribution in [1.82, 2.24) is 21.3 Å². The van der Waals surface area contributed by atoms with Gasteiger partial charge in [0.2, 0.25) is 23.6 Å². The van der Waals surface area contributed by atoms with Gasteiger partial charge in [-0.25, -0.2) is 0 Å². The highest BCUT2D eigenvalue weighted by Crippen LogP contribution is 2.34. The Kier molecular flexibility index (Phi) is 75.9. The van der Waals surface area contributed by atoms with Gasteiger partial charge in [-0.2, -0.15) is 10.2 Å². The molecule has 2 rings (SSSR count). The van der Waals surface area contributed by atoms with E-state index in [1.54, 1.807) is 0 Å². The highest BCUT2D eigenvalue weighted by atomic mass is 16.2. The lowest BCUT2D eigenvalue weighted by molar-refractivity contribution is -0.123. The third-order valence-electron chi connectivity index (χ3n) is 26.7. The van der Waals surface area contributed by atoms with Gasteiger partial charge < -0.3 is 42.5 Å². The first kappa shape index (κ1) is 113. The molecule has 0 spiro atoms. The monoisotopic (exact) mass is 1700 g/mol. The molecule has 8 atom stereocenters. The van der Waals surface area contributed by atoms with Crippen LogP contribution in [-0.4, -0.2) is 74.0 Å². The number of carbonyl (C=O) groups is 4. The molecule has 14 heteroatoms. The molecular weight excluding hydrogens is 1500 g/mol. The van der Waals surface area contributed by atoms with Crippen LogP contribution < -0.4 is 42.5 Å². The van der Waals surface area contributed by atoms with Gasteiger partial charge in [-0.3, -0.25) is 19.2 Å². The number of hydrogen-bond donors (Lipinski definition) is 8. The topological polar surface area (TPSA) is 189 Å².